The van der Waals surface area contributed by atoms with Crippen LogP contribution in [0.3, 0.4) is 0 Å². The highest BCUT2D eigenvalue weighted by atomic mass is 35.5. The molecule has 4 heteroatoms. The third kappa shape index (κ3) is 3.83. The summed E-state index contributed by atoms with van der Waals surface area (Å²) in [6, 6.07) is 6.58. The van der Waals surface area contributed by atoms with Crippen molar-refractivity contribution in [2.24, 2.45) is 11.7 Å². The van der Waals surface area contributed by atoms with Gasteiger partial charge in [0.25, 0.3) is 0 Å². The van der Waals surface area contributed by atoms with Gasteiger partial charge in [-0.3, -0.25) is 4.79 Å². The molecule has 0 saturated heterocycles. The SMILES string of the molecule is CC(C)[C@@H](N)C(=O)OCc1ccc(Cl)cc1. The lowest BCUT2D eigenvalue weighted by Crippen LogP contribution is -2.36. The molecule has 0 unspecified atom stereocenters. The Kier molecular flexibility index (Phi) is 4.77. The molecule has 1 rings (SSSR count). The molecule has 1 aromatic carbocycles. The highest BCUT2D eigenvalue weighted by Gasteiger charge is 2.18. The van der Waals surface area contributed by atoms with Gasteiger partial charge in [-0.15, -0.1) is 0 Å². The number of rotatable bonds is 4. The Morgan fingerprint density at radius 3 is 2.44 bits per heavy atom. The highest BCUT2D eigenvalue weighted by molar-refractivity contribution is 6.30. The van der Waals surface area contributed by atoms with Crippen molar-refractivity contribution >= 4 is 17.6 Å². The van der Waals surface area contributed by atoms with Crippen molar-refractivity contribution in [3.63, 3.8) is 0 Å². The normalized spacial score (nSPS) is 12.6. The van der Waals surface area contributed by atoms with Gasteiger partial charge in [0.2, 0.25) is 0 Å². The van der Waals surface area contributed by atoms with E-state index in [0.29, 0.717) is 5.02 Å². The van der Waals surface area contributed by atoms with Gasteiger partial charge in [0.1, 0.15) is 12.6 Å². The summed E-state index contributed by atoms with van der Waals surface area (Å²) in [5, 5.41) is 0.661. The van der Waals surface area contributed by atoms with Gasteiger partial charge in [0.05, 0.1) is 0 Å². The van der Waals surface area contributed by atoms with Gasteiger partial charge in [-0.05, 0) is 23.6 Å². The van der Waals surface area contributed by atoms with E-state index in [1.54, 1.807) is 12.1 Å². The molecule has 2 N–H and O–H groups in total. The predicted molar refractivity (Wildman–Crippen MR) is 64.1 cm³/mol. The van der Waals surface area contributed by atoms with Crippen LogP contribution in [0.2, 0.25) is 5.02 Å². The zero-order valence-electron chi connectivity index (χ0n) is 9.44. The maximum atomic E-state index is 11.5. The number of benzene rings is 1. The van der Waals surface area contributed by atoms with E-state index in [1.165, 1.54) is 0 Å². The van der Waals surface area contributed by atoms with Crippen molar-refractivity contribution in [1.29, 1.82) is 0 Å². The van der Waals surface area contributed by atoms with Crippen molar-refractivity contribution in [2.75, 3.05) is 0 Å². The largest absolute Gasteiger partial charge is 0.460 e. The first-order valence-corrected chi connectivity index (χ1v) is 5.55. The Bertz CT molecular complexity index is 349. The number of hydrogen-bond acceptors (Lipinski definition) is 3. The Hall–Kier alpha value is -1.06. The van der Waals surface area contributed by atoms with E-state index in [0.717, 1.165) is 5.56 Å². The molecule has 0 aromatic heterocycles. The second-order valence-corrected chi connectivity index (χ2v) is 4.44. The maximum absolute atomic E-state index is 11.5. The predicted octanol–water partition coefficient (Wildman–Crippen LogP) is 2.37. The van der Waals surface area contributed by atoms with Crippen LogP contribution in [0.1, 0.15) is 19.4 Å². The molecule has 0 bridgehead atoms. The Labute approximate surface area is 101 Å². The zero-order chi connectivity index (χ0) is 12.1. The third-order valence-electron chi connectivity index (χ3n) is 2.28. The third-order valence-corrected chi connectivity index (χ3v) is 2.54. The molecule has 0 amide bonds. The fourth-order valence-electron chi connectivity index (χ4n) is 1.10. The van der Waals surface area contributed by atoms with Crippen LogP contribution in [0.15, 0.2) is 24.3 Å². The van der Waals surface area contributed by atoms with Crippen LogP contribution < -0.4 is 5.73 Å². The van der Waals surface area contributed by atoms with Crippen molar-refractivity contribution < 1.29 is 9.53 Å². The fraction of sp³-hybridized carbons (Fsp3) is 0.417. The molecule has 88 valence electrons. The van der Waals surface area contributed by atoms with Gasteiger partial charge in [-0.2, -0.15) is 0 Å². The van der Waals surface area contributed by atoms with Crippen LogP contribution in [-0.2, 0) is 16.1 Å². The summed E-state index contributed by atoms with van der Waals surface area (Å²) in [5.41, 5.74) is 6.55. The van der Waals surface area contributed by atoms with Crippen molar-refractivity contribution in [3.05, 3.63) is 34.9 Å². The quantitative estimate of drug-likeness (QED) is 0.824. The fourth-order valence-corrected chi connectivity index (χ4v) is 1.23. The summed E-state index contributed by atoms with van der Waals surface area (Å²) in [7, 11) is 0. The second-order valence-electron chi connectivity index (χ2n) is 4.00. The van der Waals surface area contributed by atoms with E-state index in [-0.39, 0.29) is 18.5 Å². The van der Waals surface area contributed by atoms with Gasteiger partial charge in [-0.1, -0.05) is 37.6 Å². The summed E-state index contributed by atoms with van der Waals surface area (Å²) in [6.07, 6.45) is 0. The Morgan fingerprint density at radius 2 is 1.94 bits per heavy atom. The number of nitrogens with two attached hydrogens (primary N) is 1. The van der Waals surface area contributed by atoms with Crippen molar-refractivity contribution in [1.82, 2.24) is 0 Å². The zero-order valence-corrected chi connectivity index (χ0v) is 10.2. The molecule has 1 atom stereocenters. The van der Waals surface area contributed by atoms with E-state index in [4.69, 9.17) is 22.1 Å². The number of hydrogen-bond donors (Lipinski definition) is 1. The summed E-state index contributed by atoms with van der Waals surface area (Å²) < 4.78 is 5.08. The van der Waals surface area contributed by atoms with Crippen LogP contribution in [0, 0.1) is 5.92 Å². The summed E-state index contributed by atoms with van der Waals surface area (Å²) in [6.45, 7) is 4.00. The minimum atomic E-state index is -0.563. The van der Waals surface area contributed by atoms with E-state index in [9.17, 15) is 4.79 Å². The maximum Gasteiger partial charge on any atom is 0.323 e. The van der Waals surface area contributed by atoms with E-state index in [2.05, 4.69) is 0 Å². The van der Waals surface area contributed by atoms with Crippen LogP contribution in [0.25, 0.3) is 0 Å². The first-order valence-electron chi connectivity index (χ1n) is 5.17. The molecule has 0 radical (unpaired) electrons. The van der Waals surface area contributed by atoms with Crippen molar-refractivity contribution in [2.45, 2.75) is 26.5 Å². The molecule has 1 aromatic rings. The summed E-state index contributed by atoms with van der Waals surface area (Å²) >= 11 is 5.74. The van der Waals surface area contributed by atoms with Crippen LogP contribution in [0.4, 0.5) is 0 Å². The molecule has 0 saturated carbocycles. The van der Waals surface area contributed by atoms with Crippen LogP contribution in [-0.4, -0.2) is 12.0 Å². The first kappa shape index (κ1) is 13.0. The topological polar surface area (TPSA) is 52.3 Å². The Morgan fingerprint density at radius 1 is 1.38 bits per heavy atom. The van der Waals surface area contributed by atoms with E-state index >= 15 is 0 Å². The molecular formula is C12H16ClNO2. The molecule has 0 fully saturated rings. The summed E-state index contributed by atoms with van der Waals surface area (Å²) in [5.74, 6) is -0.289. The average Bonchev–Trinajstić information content (AvgIpc) is 2.26. The number of halogens is 1. The number of carbonyl (C=O) groups is 1. The molecule has 0 heterocycles. The minimum absolute atomic E-state index is 0.0812. The number of esters is 1. The molecule has 0 aliphatic heterocycles. The summed E-state index contributed by atoms with van der Waals surface area (Å²) in [4.78, 5) is 11.5. The number of ether oxygens (including phenoxy) is 1. The van der Waals surface area contributed by atoms with E-state index < -0.39 is 6.04 Å². The number of carbonyl (C=O) groups excluding carboxylic acids is 1. The van der Waals surface area contributed by atoms with Gasteiger partial charge >= 0.3 is 5.97 Å². The van der Waals surface area contributed by atoms with Gasteiger partial charge in [0.15, 0.2) is 0 Å². The lowest BCUT2D eigenvalue weighted by Gasteiger charge is -2.14. The van der Waals surface area contributed by atoms with Gasteiger partial charge < -0.3 is 10.5 Å². The van der Waals surface area contributed by atoms with E-state index in [1.807, 2.05) is 26.0 Å². The van der Waals surface area contributed by atoms with Gasteiger partial charge in [0, 0.05) is 5.02 Å². The average molecular weight is 242 g/mol. The molecule has 0 aliphatic rings. The molecular weight excluding hydrogens is 226 g/mol. The monoisotopic (exact) mass is 241 g/mol. The molecule has 0 aliphatic carbocycles. The van der Waals surface area contributed by atoms with Gasteiger partial charge in [-0.25, -0.2) is 0 Å². The molecule has 0 spiro atoms. The smallest absolute Gasteiger partial charge is 0.323 e. The lowest BCUT2D eigenvalue weighted by atomic mass is 10.1. The lowest BCUT2D eigenvalue weighted by molar-refractivity contribution is -0.147. The minimum Gasteiger partial charge on any atom is -0.460 e. The van der Waals surface area contributed by atoms with Crippen molar-refractivity contribution in [3.8, 4) is 0 Å². The Balaban J connectivity index is 2.46. The molecule has 3 nitrogen and oxygen atoms in total. The van der Waals surface area contributed by atoms with Crippen LogP contribution >= 0.6 is 11.6 Å². The second kappa shape index (κ2) is 5.87. The first-order chi connectivity index (χ1) is 7.50. The highest BCUT2D eigenvalue weighted by Crippen LogP contribution is 2.11. The molecule has 16 heavy (non-hydrogen) atoms. The van der Waals surface area contributed by atoms with Crippen LogP contribution in [0.5, 0.6) is 0 Å². The standard InChI is InChI=1S/C12H16ClNO2/c1-8(2)11(14)12(15)16-7-9-3-5-10(13)6-4-9/h3-6,8,11H,7,14H2,1-2H3/t11-/m1/s1.